The van der Waals surface area contributed by atoms with E-state index in [1.54, 1.807) is 0 Å². The fourth-order valence-corrected chi connectivity index (χ4v) is 2.45. The fourth-order valence-electron chi connectivity index (χ4n) is 1.25. The Balaban J connectivity index is 2.28. The van der Waals surface area contributed by atoms with Crippen molar-refractivity contribution in [3.63, 3.8) is 0 Å². The molecule has 0 aromatic heterocycles. The second-order valence-corrected chi connectivity index (χ2v) is 4.71. The SMILES string of the molecule is CCOCC(C)NC1=NC(C)CCS1. The van der Waals surface area contributed by atoms with Gasteiger partial charge in [-0.1, -0.05) is 11.8 Å². The predicted molar refractivity (Wildman–Crippen MR) is 63.1 cm³/mol. The number of nitrogens with zero attached hydrogens (tertiary/aromatic N) is 1. The van der Waals surface area contributed by atoms with Gasteiger partial charge in [-0.3, -0.25) is 4.99 Å². The molecule has 1 aliphatic heterocycles. The van der Waals surface area contributed by atoms with Crippen LogP contribution in [0.3, 0.4) is 0 Å². The highest BCUT2D eigenvalue weighted by molar-refractivity contribution is 8.13. The molecule has 0 saturated heterocycles. The number of nitrogens with one attached hydrogen (secondary N) is 1. The second kappa shape index (κ2) is 6.30. The summed E-state index contributed by atoms with van der Waals surface area (Å²) in [7, 11) is 0. The van der Waals surface area contributed by atoms with Crippen LogP contribution in [0.15, 0.2) is 4.99 Å². The van der Waals surface area contributed by atoms with Gasteiger partial charge in [-0.05, 0) is 27.2 Å². The molecule has 1 aliphatic rings. The van der Waals surface area contributed by atoms with Gasteiger partial charge in [-0.15, -0.1) is 0 Å². The van der Waals surface area contributed by atoms with Crippen molar-refractivity contribution in [1.82, 2.24) is 5.32 Å². The fraction of sp³-hybridized carbons (Fsp3) is 0.900. The molecule has 0 spiro atoms. The van der Waals surface area contributed by atoms with Crippen LogP contribution in [0.2, 0.25) is 0 Å². The van der Waals surface area contributed by atoms with Crippen LogP contribution in [0.4, 0.5) is 0 Å². The zero-order chi connectivity index (χ0) is 10.4. The van der Waals surface area contributed by atoms with Crippen molar-refractivity contribution in [2.24, 2.45) is 4.99 Å². The van der Waals surface area contributed by atoms with Crippen molar-refractivity contribution in [2.75, 3.05) is 19.0 Å². The van der Waals surface area contributed by atoms with Gasteiger partial charge in [0.15, 0.2) is 5.17 Å². The van der Waals surface area contributed by atoms with Crippen molar-refractivity contribution < 1.29 is 4.74 Å². The van der Waals surface area contributed by atoms with Crippen LogP contribution in [0.25, 0.3) is 0 Å². The first kappa shape index (κ1) is 11.9. The number of rotatable bonds is 4. The van der Waals surface area contributed by atoms with Crippen molar-refractivity contribution >= 4 is 16.9 Å². The van der Waals surface area contributed by atoms with Crippen LogP contribution >= 0.6 is 11.8 Å². The highest BCUT2D eigenvalue weighted by atomic mass is 32.2. The Morgan fingerprint density at radius 1 is 1.71 bits per heavy atom. The van der Waals surface area contributed by atoms with E-state index in [4.69, 9.17) is 4.74 Å². The van der Waals surface area contributed by atoms with Crippen LogP contribution in [0, 0.1) is 0 Å². The zero-order valence-corrected chi connectivity index (χ0v) is 10.1. The molecule has 14 heavy (non-hydrogen) atoms. The summed E-state index contributed by atoms with van der Waals surface area (Å²) in [4.78, 5) is 4.54. The molecule has 0 aliphatic carbocycles. The molecule has 0 amide bonds. The summed E-state index contributed by atoms with van der Waals surface area (Å²) in [5.74, 6) is 1.17. The molecular weight excluding hydrogens is 196 g/mol. The third kappa shape index (κ3) is 4.33. The maximum atomic E-state index is 5.34. The topological polar surface area (TPSA) is 33.6 Å². The first-order chi connectivity index (χ1) is 6.72. The molecule has 0 saturated carbocycles. The van der Waals surface area contributed by atoms with Crippen LogP contribution in [0.1, 0.15) is 27.2 Å². The summed E-state index contributed by atoms with van der Waals surface area (Å²) in [6, 6.07) is 0.824. The van der Waals surface area contributed by atoms with Crippen LogP contribution in [-0.2, 0) is 4.74 Å². The van der Waals surface area contributed by atoms with Crippen LogP contribution in [0.5, 0.6) is 0 Å². The number of ether oxygens (including phenoxy) is 1. The maximum Gasteiger partial charge on any atom is 0.157 e. The third-order valence-electron chi connectivity index (χ3n) is 2.05. The van der Waals surface area contributed by atoms with Gasteiger partial charge in [-0.25, -0.2) is 0 Å². The average Bonchev–Trinajstić information content (AvgIpc) is 2.15. The normalized spacial score (nSPS) is 24.2. The lowest BCUT2D eigenvalue weighted by atomic mass is 10.3. The molecule has 4 heteroatoms. The van der Waals surface area contributed by atoms with Gasteiger partial charge in [0.25, 0.3) is 0 Å². The second-order valence-electron chi connectivity index (χ2n) is 3.63. The standard InChI is InChI=1S/C10H20N2OS/c1-4-13-7-9(3)12-10-11-8(2)5-6-14-10/h8-9H,4-7H2,1-3H3,(H,11,12). The molecule has 2 atom stereocenters. The minimum atomic E-state index is 0.353. The molecule has 0 radical (unpaired) electrons. The molecule has 1 rings (SSSR count). The first-order valence-electron chi connectivity index (χ1n) is 5.27. The van der Waals surface area contributed by atoms with Crippen LogP contribution < -0.4 is 5.32 Å². The summed E-state index contributed by atoms with van der Waals surface area (Å²) in [6.07, 6.45) is 1.19. The Labute approximate surface area is 90.7 Å². The Bertz CT molecular complexity index is 197. The smallest absolute Gasteiger partial charge is 0.157 e. The average molecular weight is 216 g/mol. The lowest BCUT2D eigenvalue weighted by Gasteiger charge is -2.21. The summed E-state index contributed by atoms with van der Waals surface area (Å²) in [5, 5.41) is 4.45. The van der Waals surface area contributed by atoms with Crippen molar-refractivity contribution in [2.45, 2.75) is 39.3 Å². The number of aliphatic imine (C=N–C) groups is 1. The molecule has 82 valence electrons. The monoisotopic (exact) mass is 216 g/mol. The largest absolute Gasteiger partial charge is 0.380 e. The van der Waals surface area contributed by atoms with Gasteiger partial charge >= 0.3 is 0 Å². The van der Waals surface area contributed by atoms with Gasteiger partial charge in [0, 0.05) is 18.4 Å². The molecular formula is C10H20N2OS. The highest BCUT2D eigenvalue weighted by Gasteiger charge is 2.13. The minimum Gasteiger partial charge on any atom is -0.380 e. The lowest BCUT2D eigenvalue weighted by Crippen LogP contribution is -2.36. The predicted octanol–water partition coefficient (Wildman–Crippen LogP) is 1.88. The number of thioether (sulfide) groups is 1. The quantitative estimate of drug-likeness (QED) is 0.779. The molecule has 1 heterocycles. The van der Waals surface area contributed by atoms with Crippen molar-refractivity contribution in [1.29, 1.82) is 0 Å². The Morgan fingerprint density at radius 2 is 2.50 bits per heavy atom. The summed E-state index contributed by atoms with van der Waals surface area (Å²) < 4.78 is 5.34. The molecule has 1 N–H and O–H groups in total. The van der Waals surface area contributed by atoms with Crippen molar-refractivity contribution in [3.8, 4) is 0 Å². The first-order valence-corrected chi connectivity index (χ1v) is 6.25. The van der Waals surface area contributed by atoms with Gasteiger partial charge in [-0.2, -0.15) is 0 Å². The Kier molecular flexibility index (Phi) is 5.33. The number of amidine groups is 1. The Morgan fingerprint density at radius 3 is 3.14 bits per heavy atom. The van der Waals surface area contributed by atoms with Gasteiger partial charge in [0.2, 0.25) is 0 Å². The van der Waals surface area contributed by atoms with E-state index in [0.29, 0.717) is 12.1 Å². The molecule has 0 bridgehead atoms. The zero-order valence-electron chi connectivity index (χ0n) is 9.25. The molecule has 0 aromatic carbocycles. The van der Waals surface area contributed by atoms with E-state index < -0.39 is 0 Å². The van der Waals surface area contributed by atoms with Gasteiger partial charge in [0.1, 0.15) is 0 Å². The van der Waals surface area contributed by atoms with E-state index >= 15 is 0 Å². The van der Waals surface area contributed by atoms with E-state index in [2.05, 4.69) is 24.2 Å². The van der Waals surface area contributed by atoms with E-state index in [1.807, 2.05) is 18.7 Å². The van der Waals surface area contributed by atoms with E-state index in [0.717, 1.165) is 18.4 Å². The molecule has 3 nitrogen and oxygen atoms in total. The Hall–Kier alpha value is -0.220. The summed E-state index contributed by atoms with van der Waals surface area (Å²) in [5.41, 5.74) is 0. The third-order valence-corrected chi connectivity index (χ3v) is 2.99. The number of hydrogen-bond acceptors (Lipinski definition) is 4. The molecule has 0 fully saturated rings. The van der Waals surface area contributed by atoms with Crippen molar-refractivity contribution in [3.05, 3.63) is 0 Å². The lowest BCUT2D eigenvalue weighted by molar-refractivity contribution is 0.133. The van der Waals surface area contributed by atoms with E-state index in [-0.39, 0.29) is 0 Å². The highest BCUT2D eigenvalue weighted by Crippen LogP contribution is 2.15. The summed E-state index contributed by atoms with van der Waals surface area (Å²) in [6.45, 7) is 7.83. The van der Waals surface area contributed by atoms with Crippen LogP contribution in [-0.4, -0.2) is 36.2 Å². The summed E-state index contributed by atoms with van der Waals surface area (Å²) >= 11 is 1.81. The minimum absolute atomic E-state index is 0.353. The maximum absolute atomic E-state index is 5.34. The van der Waals surface area contributed by atoms with E-state index in [9.17, 15) is 0 Å². The van der Waals surface area contributed by atoms with Gasteiger partial charge < -0.3 is 10.1 Å². The van der Waals surface area contributed by atoms with Gasteiger partial charge in [0.05, 0.1) is 12.6 Å². The molecule has 2 unspecified atom stereocenters. The molecule has 0 aromatic rings. The number of hydrogen-bond donors (Lipinski definition) is 1. The van der Waals surface area contributed by atoms with E-state index in [1.165, 1.54) is 12.2 Å².